The Morgan fingerprint density at radius 3 is 2.78 bits per heavy atom. The Labute approximate surface area is 114 Å². The topological polar surface area (TPSA) is 58.4 Å². The van der Waals surface area contributed by atoms with E-state index in [1.54, 1.807) is 0 Å². The van der Waals surface area contributed by atoms with E-state index >= 15 is 0 Å². The van der Waals surface area contributed by atoms with Gasteiger partial charge in [-0.1, -0.05) is 0 Å². The molecule has 1 unspecified atom stereocenters. The van der Waals surface area contributed by atoms with Gasteiger partial charge >= 0.3 is 0 Å². The van der Waals surface area contributed by atoms with Gasteiger partial charge in [0, 0.05) is 30.9 Å². The van der Waals surface area contributed by atoms with Gasteiger partial charge in [0.2, 0.25) is 5.91 Å². The maximum Gasteiger partial charge on any atom is 0.237 e. The molecule has 0 aliphatic carbocycles. The Morgan fingerprint density at radius 2 is 2.17 bits per heavy atom. The van der Waals surface area contributed by atoms with Gasteiger partial charge < -0.3 is 11.1 Å². The summed E-state index contributed by atoms with van der Waals surface area (Å²) >= 11 is 1.89. The van der Waals surface area contributed by atoms with Crippen LogP contribution in [0, 0.1) is 0 Å². The van der Waals surface area contributed by atoms with E-state index in [9.17, 15) is 4.79 Å². The summed E-state index contributed by atoms with van der Waals surface area (Å²) in [5.74, 6) is 0.233. The van der Waals surface area contributed by atoms with Gasteiger partial charge in [-0.3, -0.25) is 9.69 Å². The molecule has 2 aliphatic rings. The number of hydrogen-bond acceptors (Lipinski definition) is 4. The van der Waals surface area contributed by atoms with Crippen molar-refractivity contribution in [1.82, 2.24) is 10.2 Å². The van der Waals surface area contributed by atoms with Crippen molar-refractivity contribution in [1.29, 1.82) is 0 Å². The Balaban J connectivity index is 1.94. The molecule has 0 aromatic rings. The van der Waals surface area contributed by atoms with Crippen molar-refractivity contribution in [2.75, 3.05) is 32.4 Å². The Hall–Kier alpha value is -0.260. The number of likely N-dealkylation sites (tertiary alicyclic amines) is 1. The third-order valence-corrected chi connectivity index (χ3v) is 5.90. The number of carbonyl (C=O) groups excluding carboxylic acids is 1. The van der Waals surface area contributed by atoms with Crippen LogP contribution < -0.4 is 11.1 Å². The highest BCUT2D eigenvalue weighted by atomic mass is 32.2. The van der Waals surface area contributed by atoms with Crippen LogP contribution in [-0.4, -0.2) is 54.0 Å². The van der Waals surface area contributed by atoms with E-state index in [1.165, 1.54) is 0 Å². The van der Waals surface area contributed by atoms with Crippen LogP contribution >= 0.6 is 11.8 Å². The van der Waals surface area contributed by atoms with Gasteiger partial charge in [0.15, 0.2) is 0 Å². The number of nitrogens with one attached hydrogen (secondary N) is 1. The highest BCUT2D eigenvalue weighted by molar-refractivity contribution is 8.00. The number of piperidine rings is 1. The smallest absolute Gasteiger partial charge is 0.237 e. The predicted octanol–water partition coefficient (Wildman–Crippen LogP) is 0.811. The Morgan fingerprint density at radius 1 is 1.44 bits per heavy atom. The van der Waals surface area contributed by atoms with Crippen molar-refractivity contribution >= 4 is 17.7 Å². The van der Waals surface area contributed by atoms with Crippen molar-refractivity contribution < 1.29 is 4.79 Å². The summed E-state index contributed by atoms with van der Waals surface area (Å²) < 4.78 is 0.248. The largest absolute Gasteiger partial charge is 0.355 e. The standard InChI is InChI=1S/C13H25N3OS/c1-18-13(10-14)5-8-16(9-6-13)11-4-2-3-7-15-12(11)17/h11H,2-10,14H2,1H3,(H,15,17). The van der Waals surface area contributed by atoms with Crippen LogP contribution in [0.1, 0.15) is 32.1 Å². The van der Waals surface area contributed by atoms with E-state index in [4.69, 9.17) is 5.73 Å². The first-order chi connectivity index (χ1) is 8.71. The summed E-state index contributed by atoms with van der Waals surface area (Å²) in [4.78, 5) is 14.4. The maximum absolute atomic E-state index is 12.0. The second kappa shape index (κ2) is 6.26. The molecule has 0 radical (unpaired) electrons. The minimum Gasteiger partial charge on any atom is -0.355 e. The Kier molecular flexibility index (Phi) is 4.92. The van der Waals surface area contributed by atoms with Crippen LogP contribution in [0.2, 0.25) is 0 Å². The van der Waals surface area contributed by atoms with Crippen molar-refractivity contribution in [2.24, 2.45) is 5.73 Å². The molecule has 0 aromatic carbocycles. The molecule has 2 heterocycles. The highest BCUT2D eigenvalue weighted by Crippen LogP contribution is 2.34. The molecule has 0 aromatic heterocycles. The Bertz CT molecular complexity index is 284. The van der Waals surface area contributed by atoms with Crippen molar-refractivity contribution in [3.05, 3.63) is 0 Å². The molecule has 2 saturated heterocycles. The lowest BCUT2D eigenvalue weighted by atomic mass is 9.94. The van der Waals surface area contributed by atoms with Gasteiger partial charge in [-0.25, -0.2) is 0 Å². The third-order valence-electron chi connectivity index (χ3n) is 4.46. The minimum absolute atomic E-state index is 0.102. The highest BCUT2D eigenvalue weighted by Gasteiger charge is 2.36. The molecule has 1 atom stereocenters. The number of hydrogen-bond donors (Lipinski definition) is 2. The average Bonchev–Trinajstić information content (AvgIpc) is 2.64. The summed E-state index contributed by atoms with van der Waals surface area (Å²) in [5, 5.41) is 3.03. The van der Waals surface area contributed by atoms with E-state index in [-0.39, 0.29) is 16.7 Å². The molecule has 2 fully saturated rings. The van der Waals surface area contributed by atoms with E-state index in [1.807, 2.05) is 11.8 Å². The molecule has 18 heavy (non-hydrogen) atoms. The van der Waals surface area contributed by atoms with Crippen LogP contribution in [-0.2, 0) is 4.79 Å². The second-order valence-electron chi connectivity index (χ2n) is 5.43. The van der Waals surface area contributed by atoms with Crippen molar-refractivity contribution in [3.63, 3.8) is 0 Å². The number of rotatable bonds is 3. The summed E-state index contributed by atoms with van der Waals surface area (Å²) in [6, 6.07) is 0.102. The lowest BCUT2D eigenvalue weighted by molar-refractivity contribution is -0.126. The number of nitrogens with zero attached hydrogens (tertiary/aromatic N) is 1. The number of nitrogens with two attached hydrogens (primary N) is 1. The fraction of sp³-hybridized carbons (Fsp3) is 0.923. The summed E-state index contributed by atoms with van der Waals surface area (Å²) in [6.45, 7) is 3.62. The van der Waals surface area contributed by atoms with E-state index in [2.05, 4.69) is 16.5 Å². The molecule has 0 bridgehead atoms. The van der Waals surface area contributed by atoms with Gasteiger partial charge in [-0.15, -0.1) is 0 Å². The van der Waals surface area contributed by atoms with Gasteiger partial charge in [-0.05, 0) is 38.4 Å². The first-order valence-corrected chi connectivity index (χ1v) is 8.20. The molecule has 3 N–H and O–H groups in total. The normalized spacial score (nSPS) is 29.7. The molecule has 4 nitrogen and oxygen atoms in total. The molecule has 1 amide bonds. The fourth-order valence-corrected chi connectivity index (χ4v) is 3.76. The van der Waals surface area contributed by atoms with E-state index in [0.29, 0.717) is 0 Å². The van der Waals surface area contributed by atoms with Gasteiger partial charge in [-0.2, -0.15) is 11.8 Å². The monoisotopic (exact) mass is 271 g/mol. The zero-order valence-electron chi connectivity index (χ0n) is 11.3. The molecular formula is C13H25N3OS. The molecular weight excluding hydrogens is 246 g/mol. The molecule has 0 spiro atoms. The van der Waals surface area contributed by atoms with Gasteiger partial charge in [0.25, 0.3) is 0 Å². The van der Waals surface area contributed by atoms with Crippen LogP contribution in [0.5, 0.6) is 0 Å². The quantitative estimate of drug-likeness (QED) is 0.797. The summed E-state index contributed by atoms with van der Waals surface area (Å²) in [6.07, 6.45) is 7.66. The number of amides is 1. The SMILES string of the molecule is CSC1(CN)CCN(C2CCCCNC2=O)CC1. The fourth-order valence-electron chi connectivity index (χ4n) is 3.01. The summed E-state index contributed by atoms with van der Waals surface area (Å²) in [5.41, 5.74) is 5.91. The predicted molar refractivity (Wildman–Crippen MR) is 76.8 cm³/mol. The lowest BCUT2D eigenvalue weighted by Crippen LogP contribution is -2.53. The summed E-state index contributed by atoms with van der Waals surface area (Å²) in [7, 11) is 0. The molecule has 2 rings (SSSR count). The van der Waals surface area contributed by atoms with Crippen LogP contribution in [0.15, 0.2) is 0 Å². The third kappa shape index (κ3) is 3.00. The van der Waals surface area contributed by atoms with Gasteiger partial charge in [0.1, 0.15) is 0 Å². The van der Waals surface area contributed by atoms with Gasteiger partial charge in [0.05, 0.1) is 6.04 Å². The van der Waals surface area contributed by atoms with E-state index < -0.39 is 0 Å². The van der Waals surface area contributed by atoms with Crippen LogP contribution in [0.25, 0.3) is 0 Å². The van der Waals surface area contributed by atoms with Crippen molar-refractivity contribution in [2.45, 2.75) is 42.9 Å². The molecule has 5 heteroatoms. The lowest BCUT2D eigenvalue weighted by Gasteiger charge is -2.42. The van der Waals surface area contributed by atoms with Crippen LogP contribution in [0.4, 0.5) is 0 Å². The zero-order valence-corrected chi connectivity index (χ0v) is 12.1. The number of thioether (sulfide) groups is 1. The van der Waals surface area contributed by atoms with E-state index in [0.717, 1.165) is 58.3 Å². The number of carbonyl (C=O) groups is 1. The van der Waals surface area contributed by atoms with Crippen molar-refractivity contribution in [3.8, 4) is 0 Å². The molecule has 0 saturated carbocycles. The first-order valence-electron chi connectivity index (χ1n) is 6.98. The molecule has 2 aliphatic heterocycles. The minimum atomic E-state index is 0.102. The first kappa shape index (κ1) is 14.2. The average molecular weight is 271 g/mol. The zero-order chi connectivity index (χ0) is 13.0. The van der Waals surface area contributed by atoms with Crippen LogP contribution in [0.3, 0.4) is 0 Å². The second-order valence-corrected chi connectivity index (χ2v) is 6.70. The maximum atomic E-state index is 12.0. The molecule has 104 valence electrons.